The van der Waals surface area contributed by atoms with Crippen LogP contribution in [0.4, 0.5) is 14.9 Å². The van der Waals surface area contributed by atoms with Crippen molar-refractivity contribution in [3.8, 4) is 0 Å². The lowest BCUT2D eigenvalue weighted by molar-refractivity contribution is -0.143. The fraction of sp³-hybridized carbons (Fsp3) is 0.167. The Bertz CT molecular complexity index is 664. The number of anilines is 1. The molecule has 1 aliphatic heterocycles. The van der Waals surface area contributed by atoms with Crippen molar-refractivity contribution in [1.29, 1.82) is 0 Å². The Labute approximate surface area is 123 Å². The first-order chi connectivity index (χ1) is 9.81. The first-order valence-corrected chi connectivity index (χ1v) is 6.07. The summed E-state index contributed by atoms with van der Waals surface area (Å²) in [7, 11) is 1.12. The highest BCUT2D eigenvalue weighted by Gasteiger charge is 2.42. The zero-order valence-electron chi connectivity index (χ0n) is 10.7. The molecule has 9 heteroatoms. The molecule has 0 radical (unpaired) electrons. The van der Waals surface area contributed by atoms with Crippen LogP contribution < -0.4 is 5.32 Å². The standard InChI is InChI=1S/C12H9ClFN3O4/c1-16-10(19)11(20)17(12(16)21)5-9(18)15-8-4-6(13)2-3-7(8)14/h2-4H,5H2,1H3,(H,15,18). The number of halogens is 2. The Morgan fingerprint density at radius 3 is 2.52 bits per heavy atom. The summed E-state index contributed by atoms with van der Waals surface area (Å²) in [4.78, 5) is 47.1. The Hall–Kier alpha value is -2.48. The monoisotopic (exact) mass is 313 g/mol. The van der Waals surface area contributed by atoms with E-state index in [0.717, 1.165) is 13.1 Å². The zero-order valence-corrected chi connectivity index (χ0v) is 11.5. The minimum Gasteiger partial charge on any atom is -0.322 e. The van der Waals surface area contributed by atoms with E-state index in [2.05, 4.69) is 5.32 Å². The van der Waals surface area contributed by atoms with Crippen molar-refractivity contribution < 1.29 is 23.6 Å². The summed E-state index contributed by atoms with van der Waals surface area (Å²) < 4.78 is 13.4. The van der Waals surface area contributed by atoms with Gasteiger partial charge in [0.05, 0.1) is 5.69 Å². The summed E-state index contributed by atoms with van der Waals surface area (Å²) in [5.74, 6) is -3.69. The van der Waals surface area contributed by atoms with Gasteiger partial charge < -0.3 is 5.32 Å². The molecule has 0 aromatic heterocycles. The molecule has 21 heavy (non-hydrogen) atoms. The Kier molecular flexibility index (Phi) is 3.90. The second-order valence-corrected chi connectivity index (χ2v) is 4.65. The number of hydrogen-bond donors (Lipinski definition) is 1. The van der Waals surface area contributed by atoms with Crippen LogP contribution in [0.5, 0.6) is 0 Å². The van der Waals surface area contributed by atoms with Gasteiger partial charge in [0.25, 0.3) is 0 Å². The first kappa shape index (κ1) is 14.9. The minimum absolute atomic E-state index is 0.189. The lowest BCUT2D eigenvalue weighted by atomic mass is 10.3. The number of carbonyl (C=O) groups is 4. The van der Waals surface area contributed by atoms with E-state index in [1.54, 1.807) is 0 Å². The van der Waals surface area contributed by atoms with Gasteiger partial charge in [0.1, 0.15) is 12.4 Å². The fourth-order valence-electron chi connectivity index (χ4n) is 1.68. The van der Waals surface area contributed by atoms with Crippen LogP contribution in [0.15, 0.2) is 18.2 Å². The number of carbonyl (C=O) groups excluding carboxylic acids is 4. The Morgan fingerprint density at radius 1 is 1.29 bits per heavy atom. The number of nitrogens with one attached hydrogen (secondary N) is 1. The highest BCUT2D eigenvalue weighted by Crippen LogP contribution is 2.19. The lowest BCUT2D eigenvalue weighted by Gasteiger charge is -2.13. The molecule has 1 saturated heterocycles. The van der Waals surface area contributed by atoms with E-state index >= 15 is 0 Å². The maximum atomic E-state index is 13.4. The fourth-order valence-corrected chi connectivity index (χ4v) is 1.85. The predicted molar refractivity (Wildman–Crippen MR) is 69.9 cm³/mol. The molecular formula is C12H9ClFN3O4. The van der Waals surface area contributed by atoms with E-state index < -0.39 is 36.1 Å². The van der Waals surface area contributed by atoms with Gasteiger partial charge >= 0.3 is 17.8 Å². The van der Waals surface area contributed by atoms with Crippen LogP contribution in [0, 0.1) is 5.82 Å². The summed E-state index contributed by atoms with van der Waals surface area (Å²) >= 11 is 5.67. The molecule has 1 heterocycles. The molecule has 2 rings (SSSR count). The van der Waals surface area contributed by atoms with Crippen LogP contribution in [0.2, 0.25) is 5.02 Å². The number of hydrogen-bond acceptors (Lipinski definition) is 4. The van der Waals surface area contributed by atoms with E-state index in [4.69, 9.17) is 11.6 Å². The van der Waals surface area contributed by atoms with E-state index in [1.165, 1.54) is 12.1 Å². The number of likely N-dealkylation sites (N-methyl/N-ethyl adjacent to an activating group) is 1. The second kappa shape index (κ2) is 5.49. The minimum atomic E-state index is -1.11. The maximum Gasteiger partial charge on any atom is 0.334 e. The van der Waals surface area contributed by atoms with Gasteiger partial charge in [-0.25, -0.2) is 14.1 Å². The summed E-state index contributed by atoms with van der Waals surface area (Å²) in [6.07, 6.45) is 0. The van der Waals surface area contributed by atoms with Crippen molar-refractivity contribution in [3.05, 3.63) is 29.0 Å². The molecule has 1 aliphatic rings. The van der Waals surface area contributed by atoms with Crippen LogP contribution in [0.3, 0.4) is 0 Å². The largest absolute Gasteiger partial charge is 0.334 e. The van der Waals surface area contributed by atoms with Crippen molar-refractivity contribution in [1.82, 2.24) is 9.80 Å². The predicted octanol–water partition coefficient (Wildman–Crippen LogP) is 0.838. The molecule has 1 aromatic carbocycles. The zero-order chi connectivity index (χ0) is 15.7. The van der Waals surface area contributed by atoms with Gasteiger partial charge in [-0.2, -0.15) is 0 Å². The van der Waals surface area contributed by atoms with Gasteiger partial charge in [-0.05, 0) is 18.2 Å². The highest BCUT2D eigenvalue weighted by molar-refractivity contribution is 6.45. The Balaban J connectivity index is 2.09. The molecule has 0 atom stereocenters. The molecular weight excluding hydrogens is 305 g/mol. The molecule has 1 fully saturated rings. The van der Waals surface area contributed by atoms with Crippen LogP contribution >= 0.6 is 11.6 Å². The van der Waals surface area contributed by atoms with Crippen LogP contribution in [-0.2, 0) is 14.4 Å². The molecule has 0 bridgehead atoms. The average Bonchev–Trinajstić information content (AvgIpc) is 2.61. The number of rotatable bonds is 3. The highest BCUT2D eigenvalue weighted by atomic mass is 35.5. The van der Waals surface area contributed by atoms with Gasteiger partial charge in [0.2, 0.25) is 5.91 Å². The normalized spacial score (nSPS) is 14.9. The van der Waals surface area contributed by atoms with E-state index in [1.807, 2.05) is 0 Å². The number of amides is 5. The number of imide groups is 2. The van der Waals surface area contributed by atoms with Crippen molar-refractivity contribution >= 4 is 41.0 Å². The SMILES string of the molecule is CN1C(=O)C(=O)N(CC(=O)Nc2cc(Cl)ccc2F)C1=O. The van der Waals surface area contributed by atoms with Crippen molar-refractivity contribution in [2.45, 2.75) is 0 Å². The lowest BCUT2D eigenvalue weighted by Crippen LogP contribution is -2.38. The summed E-state index contributed by atoms with van der Waals surface area (Å²) in [5.41, 5.74) is -0.189. The third-order valence-corrected chi connectivity index (χ3v) is 2.99. The molecule has 7 nitrogen and oxygen atoms in total. The van der Waals surface area contributed by atoms with Crippen molar-refractivity contribution in [2.75, 3.05) is 18.9 Å². The van der Waals surface area contributed by atoms with Gasteiger partial charge in [0, 0.05) is 12.1 Å². The third kappa shape index (κ3) is 2.84. The Morgan fingerprint density at radius 2 is 1.95 bits per heavy atom. The molecule has 1 N–H and O–H groups in total. The maximum absolute atomic E-state index is 13.4. The molecule has 5 amide bonds. The summed E-state index contributed by atoms with van der Waals surface area (Å²) in [6.45, 7) is -0.695. The van der Waals surface area contributed by atoms with Gasteiger partial charge in [0.15, 0.2) is 0 Å². The van der Waals surface area contributed by atoms with Crippen molar-refractivity contribution in [3.63, 3.8) is 0 Å². The summed E-state index contributed by atoms with van der Waals surface area (Å²) in [6, 6.07) is 2.63. The van der Waals surface area contributed by atoms with E-state index in [9.17, 15) is 23.6 Å². The number of urea groups is 1. The van der Waals surface area contributed by atoms with E-state index in [0.29, 0.717) is 9.80 Å². The van der Waals surface area contributed by atoms with Gasteiger partial charge in [-0.1, -0.05) is 11.6 Å². The molecule has 0 unspecified atom stereocenters. The van der Waals surface area contributed by atoms with Gasteiger partial charge in [-0.3, -0.25) is 19.3 Å². The van der Waals surface area contributed by atoms with Crippen LogP contribution in [-0.4, -0.2) is 47.1 Å². The molecule has 1 aromatic rings. The summed E-state index contributed by atoms with van der Waals surface area (Å²) in [5, 5.41) is 2.38. The smallest absolute Gasteiger partial charge is 0.322 e. The van der Waals surface area contributed by atoms with Crippen LogP contribution in [0.25, 0.3) is 0 Å². The third-order valence-electron chi connectivity index (χ3n) is 2.75. The molecule has 0 spiro atoms. The topological polar surface area (TPSA) is 86.8 Å². The van der Waals surface area contributed by atoms with Gasteiger partial charge in [-0.15, -0.1) is 0 Å². The molecule has 0 aliphatic carbocycles. The number of benzene rings is 1. The average molecular weight is 314 g/mol. The van der Waals surface area contributed by atoms with Crippen LogP contribution in [0.1, 0.15) is 0 Å². The first-order valence-electron chi connectivity index (χ1n) is 5.69. The van der Waals surface area contributed by atoms with Crippen molar-refractivity contribution in [2.24, 2.45) is 0 Å². The van der Waals surface area contributed by atoms with E-state index in [-0.39, 0.29) is 10.7 Å². The molecule has 110 valence electrons. The number of nitrogens with zero attached hydrogens (tertiary/aromatic N) is 2. The second-order valence-electron chi connectivity index (χ2n) is 4.21. The molecule has 0 saturated carbocycles. The quantitative estimate of drug-likeness (QED) is 0.661.